The third-order valence-corrected chi connectivity index (χ3v) is 5.66. The molecule has 1 saturated heterocycles. The van der Waals surface area contributed by atoms with Crippen molar-refractivity contribution in [2.45, 2.75) is 65.0 Å². The van der Waals surface area contributed by atoms with Gasteiger partial charge in [0.15, 0.2) is 9.84 Å². The van der Waals surface area contributed by atoms with E-state index in [1.807, 2.05) is 6.92 Å². The Balaban J connectivity index is 2.48. The third kappa shape index (κ3) is 7.04. The first-order chi connectivity index (χ1) is 9.23. The summed E-state index contributed by atoms with van der Waals surface area (Å²) in [6, 6.07) is 0.486. The summed E-state index contributed by atoms with van der Waals surface area (Å²) in [5, 5.41) is 3.55. The molecule has 0 amide bonds. The van der Waals surface area contributed by atoms with Crippen molar-refractivity contribution in [3.05, 3.63) is 0 Å². The molecule has 0 saturated carbocycles. The van der Waals surface area contributed by atoms with Gasteiger partial charge in [0.2, 0.25) is 0 Å². The lowest BCUT2D eigenvalue weighted by atomic mass is 10.0. The van der Waals surface area contributed by atoms with E-state index >= 15 is 0 Å². The van der Waals surface area contributed by atoms with E-state index in [0.29, 0.717) is 24.1 Å². The van der Waals surface area contributed by atoms with Crippen LogP contribution in [0.5, 0.6) is 0 Å². The highest BCUT2D eigenvalue weighted by molar-refractivity contribution is 7.91. The maximum Gasteiger partial charge on any atom is 0.151 e. The molecule has 0 aliphatic carbocycles. The highest BCUT2D eigenvalue weighted by atomic mass is 32.2. The molecule has 0 aromatic rings. The molecule has 0 bridgehead atoms. The second-order valence-electron chi connectivity index (χ2n) is 6.97. The van der Waals surface area contributed by atoms with Gasteiger partial charge in [-0.05, 0) is 46.6 Å². The zero-order chi connectivity index (χ0) is 15.2. The molecule has 0 aromatic heterocycles. The minimum absolute atomic E-state index is 0.122. The summed E-state index contributed by atoms with van der Waals surface area (Å²) in [5.74, 6) is 0.638. The molecular weight excluding hydrogens is 272 g/mol. The van der Waals surface area contributed by atoms with Gasteiger partial charge in [0, 0.05) is 30.4 Å². The molecule has 1 aliphatic heterocycles. The second-order valence-corrected chi connectivity index (χ2v) is 9.27. The van der Waals surface area contributed by atoms with E-state index in [-0.39, 0.29) is 5.54 Å². The van der Waals surface area contributed by atoms with Crippen molar-refractivity contribution < 1.29 is 8.42 Å². The number of piperidine rings is 1. The average molecular weight is 304 g/mol. The Morgan fingerprint density at radius 2 is 1.90 bits per heavy atom. The third-order valence-electron chi connectivity index (χ3n) is 3.82. The molecule has 1 fully saturated rings. The van der Waals surface area contributed by atoms with Gasteiger partial charge in [-0.15, -0.1) is 0 Å². The zero-order valence-electron chi connectivity index (χ0n) is 13.6. The molecule has 20 heavy (non-hydrogen) atoms. The Labute approximate surface area is 125 Å². The fourth-order valence-electron chi connectivity index (χ4n) is 2.68. The molecule has 4 nitrogen and oxygen atoms in total. The van der Waals surface area contributed by atoms with E-state index in [2.05, 4.69) is 31.0 Å². The first kappa shape index (κ1) is 17.9. The van der Waals surface area contributed by atoms with Crippen molar-refractivity contribution in [3.8, 4) is 0 Å². The maximum atomic E-state index is 11.9. The summed E-state index contributed by atoms with van der Waals surface area (Å²) in [4.78, 5) is 2.37. The number of sulfone groups is 1. The molecule has 1 heterocycles. The van der Waals surface area contributed by atoms with Crippen LogP contribution < -0.4 is 5.32 Å². The van der Waals surface area contributed by atoms with Crippen LogP contribution in [0, 0.1) is 0 Å². The van der Waals surface area contributed by atoms with Crippen LogP contribution in [-0.2, 0) is 9.84 Å². The lowest BCUT2D eigenvalue weighted by Gasteiger charge is -2.37. The van der Waals surface area contributed by atoms with E-state index < -0.39 is 9.84 Å². The first-order valence-electron chi connectivity index (χ1n) is 7.93. The van der Waals surface area contributed by atoms with E-state index in [1.165, 1.54) is 19.3 Å². The van der Waals surface area contributed by atoms with Gasteiger partial charge in [-0.1, -0.05) is 13.3 Å². The molecule has 0 spiro atoms. The van der Waals surface area contributed by atoms with Gasteiger partial charge in [-0.25, -0.2) is 8.42 Å². The highest BCUT2D eigenvalue weighted by Crippen LogP contribution is 2.17. The van der Waals surface area contributed by atoms with Crippen molar-refractivity contribution in [2.24, 2.45) is 0 Å². The molecular formula is C15H32N2O2S. The topological polar surface area (TPSA) is 49.4 Å². The minimum Gasteiger partial charge on any atom is -0.311 e. The summed E-state index contributed by atoms with van der Waals surface area (Å²) in [7, 11) is -2.86. The SMILES string of the molecule is CCCS(=O)(=O)CCN1CCCCC1CNC(C)(C)C. The van der Waals surface area contributed by atoms with E-state index in [9.17, 15) is 8.42 Å². The van der Waals surface area contributed by atoms with Gasteiger partial charge in [0.05, 0.1) is 5.75 Å². The second kappa shape index (κ2) is 7.76. The molecule has 120 valence electrons. The van der Waals surface area contributed by atoms with Gasteiger partial charge in [-0.2, -0.15) is 0 Å². The Morgan fingerprint density at radius 1 is 1.20 bits per heavy atom. The fraction of sp³-hybridized carbons (Fsp3) is 1.00. The average Bonchev–Trinajstić information content (AvgIpc) is 2.34. The van der Waals surface area contributed by atoms with Crippen LogP contribution in [0.2, 0.25) is 0 Å². The molecule has 1 unspecified atom stereocenters. The van der Waals surface area contributed by atoms with Crippen LogP contribution in [0.1, 0.15) is 53.4 Å². The molecule has 0 radical (unpaired) electrons. The maximum absolute atomic E-state index is 11.9. The van der Waals surface area contributed by atoms with E-state index in [4.69, 9.17) is 0 Å². The van der Waals surface area contributed by atoms with Crippen LogP contribution in [0.25, 0.3) is 0 Å². The van der Waals surface area contributed by atoms with Crippen molar-refractivity contribution in [2.75, 3.05) is 31.1 Å². The number of likely N-dealkylation sites (tertiary alicyclic amines) is 1. The molecule has 1 aliphatic rings. The monoisotopic (exact) mass is 304 g/mol. The summed E-state index contributed by atoms with van der Waals surface area (Å²) >= 11 is 0. The molecule has 1 N–H and O–H groups in total. The van der Waals surface area contributed by atoms with Crippen LogP contribution in [0.4, 0.5) is 0 Å². The van der Waals surface area contributed by atoms with Gasteiger partial charge < -0.3 is 5.32 Å². The summed E-state index contributed by atoms with van der Waals surface area (Å²) in [6.07, 6.45) is 4.35. The van der Waals surface area contributed by atoms with Crippen LogP contribution >= 0.6 is 0 Å². The van der Waals surface area contributed by atoms with Gasteiger partial charge in [0.25, 0.3) is 0 Å². The Kier molecular flexibility index (Phi) is 6.95. The molecule has 5 heteroatoms. The lowest BCUT2D eigenvalue weighted by molar-refractivity contribution is 0.147. The summed E-state index contributed by atoms with van der Waals surface area (Å²) in [6.45, 7) is 11.1. The smallest absolute Gasteiger partial charge is 0.151 e. The van der Waals surface area contributed by atoms with Crippen molar-refractivity contribution in [1.82, 2.24) is 10.2 Å². The molecule has 1 atom stereocenters. The zero-order valence-corrected chi connectivity index (χ0v) is 14.4. The largest absolute Gasteiger partial charge is 0.311 e. The van der Waals surface area contributed by atoms with E-state index in [1.54, 1.807) is 0 Å². The quantitative estimate of drug-likeness (QED) is 0.782. The fourth-order valence-corrected chi connectivity index (χ4v) is 4.02. The standard InChI is InChI=1S/C15H32N2O2S/c1-5-11-20(18,19)12-10-17-9-7-6-8-14(17)13-16-15(2,3)4/h14,16H,5-13H2,1-4H3. The Hall–Kier alpha value is -0.130. The minimum atomic E-state index is -2.86. The Bertz CT molecular complexity index is 374. The van der Waals surface area contributed by atoms with Crippen molar-refractivity contribution >= 4 is 9.84 Å². The normalized spacial score (nSPS) is 22.1. The van der Waals surface area contributed by atoms with Crippen LogP contribution in [0.3, 0.4) is 0 Å². The van der Waals surface area contributed by atoms with Gasteiger partial charge in [-0.3, -0.25) is 4.90 Å². The number of hydrogen-bond acceptors (Lipinski definition) is 4. The summed E-state index contributed by atoms with van der Waals surface area (Å²) < 4.78 is 23.7. The van der Waals surface area contributed by atoms with E-state index in [0.717, 1.165) is 19.5 Å². The number of rotatable bonds is 7. The van der Waals surface area contributed by atoms with Gasteiger partial charge >= 0.3 is 0 Å². The predicted molar refractivity (Wildman–Crippen MR) is 85.9 cm³/mol. The van der Waals surface area contributed by atoms with Gasteiger partial charge in [0.1, 0.15) is 0 Å². The van der Waals surface area contributed by atoms with Crippen molar-refractivity contribution in [3.63, 3.8) is 0 Å². The number of nitrogens with one attached hydrogen (secondary N) is 1. The molecule has 1 rings (SSSR count). The number of nitrogens with zero attached hydrogens (tertiary/aromatic N) is 1. The highest BCUT2D eigenvalue weighted by Gasteiger charge is 2.24. The van der Waals surface area contributed by atoms with Crippen LogP contribution in [-0.4, -0.2) is 56.0 Å². The van der Waals surface area contributed by atoms with Crippen molar-refractivity contribution in [1.29, 1.82) is 0 Å². The summed E-state index contributed by atoms with van der Waals surface area (Å²) in [5.41, 5.74) is 0.122. The number of hydrogen-bond donors (Lipinski definition) is 1. The predicted octanol–water partition coefficient (Wildman–Crippen LogP) is 2.05. The van der Waals surface area contributed by atoms with Crippen LogP contribution in [0.15, 0.2) is 0 Å². The lowest BCUT2D eigenvalue weighted by Crippen LogP contribution is -2.50. The Morgan fingerprint density at radius 3 is 2.50 bits per heavy atom. The molecule has 0 aromatic carbocycles. The first-order valence-corrected chi connectivity index (χ1v) is 9.75.